The molecule has 0 spiro atoms. The zero-order valence-electron chi connectivity index (χ0n) is 13.2. The van der Waals surface area contributed by atoms with Crippen molar-refractivity contribution < 1.29 is 0 Å². The summed E-state index contributed by atoms with van der Waals surface area (Å²) in [7, 11) is 2.01. The molecule has 2 fully saturated rings. The molecule has 0 aromatic carbocycles. The molecule has 3 nitrogen and oxygen atoms in total. The van der Waals surface area contributed by atoms with Gasteiger partial charge in [0.25, 0.3) is 0 Å². The quantitative estimate of drug-likeness (QED) is 0.894. The largest absolute Gasteiger partial charge is 0.314 e. The lowest BCUT2D eigenvalue weighted by Gasteiger charge is -2.41. The molecule has 3 heteroatoms. The van der Waals surface area contributed by atoms with Crippen LogP contribution in [0.5, 0.6) is 0 Å². The number of aryl methyl sites for hydroxylation is 1. The van der Waals surface area contributed by atoms with Crippen LogP contribution in [0.15, 0.2) is 12.3 Å². The summed E-state index contributed by atoms with van der Waals surface area (Å²) in [4.78, 5) is 0. The highest BCUT2D eigenvalue weighted by Crippen LogP contribution is 2.43. The first-order chi connectivity index (χ1) is 9.52. The van der Waals surface area contributed by atoms with E-state index >= 15 is 0 Å². The van der Waals surface area contributed by atoms with E-state index in [0.717, 1.165) is 24.3 Å². The number of hydrogen-bond acceptors (Lipinski definition) is 2. The highest BCUT2D eigenvalue weighted by Gasteiger charge is 2.35. The second-order valence-electron chi connectivity index (χ2n) is 7.79. The Morgan fingerprint density at radius 2 is 2.10 bits per heavy atom. The molecule has 1 N–H and O–H groups in total. The summed E-state index contributed by atoms with van der Waals surface area (Å²) in [5.41, 5.74) is 1.78. The van der Waals surface area contributed by atoms with Crippen molar-refractivity contribution in [3.8, 4) is 0 Å². The highest BCUT2D eigenvalue weighted by atomic mass is 15.2. The Morgan fingerprint density at radius 3 is 2.75 bits per heavy atom. The van der Waals surface area contributed by atoms with E-state index in [-0.39, 0.29) is 0 Å². The van der Waals surface area contributed by atoms with Crippen LogP contribution in [0.1, 0.15) is 51.6 Å². The molecule has 2 aliphatic rings. The van der Waals surface area contributed by atoms with Crippen molar-refractivity contribution in [3.05, 3.63) is 18.0 Å². The first kappa shape index (κ1) is 14.1. The Hall–Kier alpha value is -0.830. The van der Waals surface area contributed by atoms with Gasteiger partial charge in [-0.15, -0.1) is 0 Å². The average molecular weight is 275 g/mol. The second kappa shape index (κ2) is 5.51. The predicted octanol–water partition coefficient (Wildman–Crippen LogP) is 3.16. The lowest BCUT2D eigenvalue weighted by atomic mass is 9.66. The van der Waals surface area contributed by atoms with Gasteiger partial charge in [-0.05, 0) is 68.4 Å². The average Bonchev–Trinajstić information content (AvgIpc) is 3.11. The van der Waals surface area contributed by atoms with Crippen molar-refractivity contribution in [1.82, 2.24) is 15.1 Å². The van der Waals surface area contributed by atoms with Crippen molar-refractivity contribution in [2.24, 2.45) is 24.3 Å². The van der Waals surface area contributed by atoms with Gasteiger partial charge in [0, 0.05) is 19.3 Å². The molecule has 20 heavy (non-hydrogen) atoms. The van der Waals surface area contributed by atoms with Gasteiger partial charge < -0.3 is 5.32 Å². The van der Waals surface area contributed by atoms with Crippen LogP contribution in [0.25, 0.3) is 0 Å². The zero-order valence-corrected chi connectivity index (χ0v) is 13.2. The second-order valence-corrected chi connectivity index (χ2v) is 7.79. The first-order valence-electron chi connectivity index (χ1n) is 8.24. The normalized spacial score (nSPS) is 29.6. The van der Waals surface area contributed by atoms with E-state index < -0.39 is 0 Å². The van der Waals surface area contributed by atoms with Crippen LogP contribution < -0.4 is 5.32 Å². The molecule has 1 aromatic rings. The Bertz CT molecular complexity index is 443. The summed E-state index contributed by atoms with van der Waals surface area (Å²) in [6.45, 7) is 6.09. The Labute approximate surface area is 123 Å². The molecule has 0 aliphatic heterocycles. The van der Waals surface area contributed by atoms with Gasteiger partial charge in [0.15, 0.2) is 0 Å². The van der Waals surface area contributed by atoms with Crippen molar-refractivity contribution in [3.63, 3.8) is 0 Å². The summed E-state index contributed by atoms with van der Waals surface area (Å²) in [6.07, 6.45) is 10.1. The lowest BCUT2D eigenvalue weighted by molar-refractivity contribution is 0.115. The molecule has 0 saturated heterocycles. The number of nitrogens with zero attached hydrogens (tertiary/aromatic N) is 2. The minimum Gasteiger partial charge on any atom is -0.314 e. The van der Waals surface area contributed by atoms with Gasteiger partial charge in [-0.2, -0.15) is 5.10 Å². The molecule has 3 rings (SSSR count). The van der Waals surface area contributed by atoms with E-state index in [0.29, 0.717) is 5.41 Å². The lowest BCUT2D eigenvalue weighted by Crippen LogP contribution is -2.37. The van der Waals surface area contributed by atoms with Crippen LogP contribution in [0.4, 0.5) is 0 Å². The van der Waals surface area contributed by atoms with Gasteiger partial charge >= 0.3 is 0 Å². The molecule has 1 aromatic heterocycles. The summed E-state index contributed by atoms with van der Waals surface area (Å²) < 4.78 is 1.93. The van der Waals surface area contributed by atoms with Crippen LogP contribution in [0.2, 0.25) is 0 Å². The van der Waals surface area contributed by atoms with E-state index in [1.54, 1.807) is 0 Å². The Morgan fingerprint density at radius 1 is 1.30 bits per heavy atom. The predicted molar refractivity (Wildman–Crippen MR) is 82.5 cm³/mol. The summed E-state index contributed by atoms with van der Waals surface area (Å²) in [6, 6.07) is 3.02. The van der Waals surface area contributed by atoms with Gasteiger partial charge in [0.05, 0.1) is 5.69 Å². The molecule has 0 radical (unpaired) electrons. The fraction of sp³-hybridized carbons (Fsp3) is 0.824. The Balaban J connectivity index is 1.63. The summed E-state index contributed by atoms with van der Waals surface area (Å²) in [5.74, 6) is 1.63. The first-order valence-corrected chi connectivity index (χ1v) is 8.24. The van der Waals surface area contributed by atoms with Crippen LogP contribution >= 0.6 is 0 Å². The van der Waals surface area contributed by atoms with E-state index in [2.05, 4.69) is 36.5 Å². The molecular formula is C17H29N3. The van der Waals surface area contributed by atoms with E-state index in [9.17, 15) is 0 Å². The van der Waals surface area contributed by atoms with Crippen molar-refractivity contribution in [1.29, 1.82) is 0 Å². The minimum atomic E-state index is 0.509. The molecular weight excluding hydrogens is 246 g/mol. The molecule has 2 aliphatic carbocycles. The van der Waals surface area contributed by atoms with E-state index in [1.807, 2.05) is 11.7 Å². The van der Waals surface area contributed by atoms with E-state index in [1.165, 1.54) is 44.3 Å². The minimum absolute atomic E-state index is 0.509. The topological polar surface area (TPSA) is 29.9 Å². The monoisotopic (exact) mass is 275 g/mol. The molecule has 2 saturated carbocycles. The van der Waals surface area contributed by atoms with Gasteiger partial charge in [0.1, 0.15) is 0 Å². The summed E-state index contributed by atoms with van der Waals surface area (Å²) >= 11 is 0. The molecule has 2 atom stereocenters. The van der Waals surface area contributed by atoms with Gasteiger partial charge in [-0.3, -0.25) is 4.68 Å². The standard InChI is InChI=1S/C17H29N3/c1-17(2)8-6-13(12-18-15-4-5-15)14(11-17)10-16-7-9-20(3)19-16/h7,9,13-15,18H,4-6,8,10-12H2,1-3H3. The van der Waals surface area contributed by atoms with Crippen LogP contribution in [-0.4, -0.2) is 22.4 Å². The maximum absolute atomic E-state index is 4.59. The molecule has 1 heterocycles. The van der Waals surface area contributed by atoms with Crippen molar-refractivity contribution >= 4 is 0 Å². The van der Waals surface area contributed by atoms with Crippen molar-refractivity contribution in [2.45, 2.75) is 58.4 Å². The van der Waals surface area contributed by atoms with Gasteiger partial charge in [-0.25, -0.2) is 0 Å². The van der Waals surface area contributed by atoms with Crippen LogP contribution in [-0.2, 0) is 13.5 Å². The third kappa shape index (κ3) is 3.63. The molecule has 0 amide bonds. The number of nitrogens with one attached hydrogen (secondary N) is 1. The zero-order chi connectivity index (χ0) is 14.2. The maximum atomic E-state index is 4.59. The smallest absolute Gasteiger partial charge is 0.0627 e. The Kier molecular flexibility index (Phi) is 3.89. The van der Waals surface area contributed by atoms with E-state index in [4.69, 9.17) is 0 Å². The SMILES string of the molecule is Cn1ccc(CC2CC(C)(C)CCC2CNC2CC2)n1. The van der Waals surface area contributed by atoms with Crippen molar-refractivity contribution in [2.75, 3.05) is 6.54 Å². The number of aromatic nitrogens is 2. The number of rotatable bonds is 5. The van der Waals surface area contributed by atoms with Crippen LogP contribution in [0, 0.1) is 17.3 Å². The fourth-order valence-electron chi connectivity index (χ4n) is 3.74. The third-order valence-corrected chi connectivity index (χ3v) is 5.16. The van der Waals surface area contributed by atoms with Gasteiger partial charge in [-0.1, -0.05) is 13.8 Å². The summed E-state index contributed by atoms with van der Waals surface area (Å²) in [5, 5.41) is 8.34. The molecule has 112 valence electrons. The maximum Gasteiger partial charge on any atom is 0.0627 e. The third-order valence-electron chi connectivity index (χ3n) is 5.16. The number of hydrogen-bond donors (Lipinski definition) is 1. The fourth-order valence-corrected chi connectivity index (χ4v) is 3.74. The molecule has 2 unspecified atom stereocenters. The van der Waals surface area contributed by atoms with Gasteiger partial charge in [0.2, 0.25) is 0 Å². The van der Waals surface area contributed by atoms with Crippen LogP contribution in [0.3, 0.4) is 0 Å². The highest BCUT2D eigenvalue weighted by molar-refractivity contribution is 5.02. The molecule has 0 bridgehead atoms.